The normalized spacial score (nSPS) is 18.2. The van der Waals surface area contributed by atoms with Gasteiger partial charge in [-0.05, 0) is 38.1 Å². The molecule has 3 nitrogen and oxygen atoms in total. The summed E-state index contributed by atoms with van der Waals surface area (Å²) in [5, 5.41) is 2.86. The lowest BCUT2D eigenvalue weighted by molar-refractivity contribution is 0.495. The van der Waals surface area contributed by atoms with Crippen molar-refractivity contribution in [2.45, 2.75) is 32.8 Å². The van der Waals surface area contributed by atoms with E-state index in [1.807, 2.05) is 0 Å². The summed E-state index contributed by atoms with van der Waals surface area (Å²) in [7, 11) is -3.28. The van der Waals surface area contributed by atoms with Crippen molar-refractivity contribution in [3.8, 4) is 0 Å². The monoisotopic (exact) mass is 289 g/mol. The Hall–Kier alpha value is -0.170. The molecule has 1 N–H and O–H groups in total. The molecule has 1 aliphatic rings. The molecule has 1 fully saturated rings. The zero-order valence-corrected chi connectivity index (χ0v) is 11.9. The Morgan fingerprint density at radius 2 is 1.82 bits per heavy atom. The van der Waals surface area contributed by atoms with Gasteiger partial charge in [0.25, 0.3) is 0 Å². The fourth-order valence-corrected chi connectivity index (χ4v) is 4.70. The lowest BCUT2D eigenvalue weighted by Gasteiger charge is -2.23. The van der Waals surface area contributed by atoms with Crippen LogP contribution in [0.1, 0.15) is 12.8 Å². The second-order valence-electron chi connectivity index (χ2n) is 4.12. The van der Waals surface area contributed by atoms with Gasteiger partial charge in [0.05, 0.1) is 10.1 Å². The second-order valence-corrected chi connectivity index (χ2v) is 7.24. The van der Waals surface area contributed by atoms with Crippen molar-refractivity contribution in [3.63, 3.8) is 0 Å². The minimum absolute atomic E-state index is 0.301. The van der Waals surface area contributed by atoms with E-state index >= 15 is 0 Å². The van der Waals surface area contributed by atoms with Gasteiger partial charge in [0, 0.05) is 9.79 Å². The molecule has 0 radical (unpaired) electrons. The SMILES string of the molecule is O=S(=O)(c1cccc(S)c1S)C1CCNCC1. The molecule has 1 aliphatic heterocycles. The molecule has 0 spiro atoms. The zero-order chi connectivity index (χ0) is 12.5. The van der Waals surface area contributed by atoms with Crippen molar-refractivity contribution >= 4 is 35.1 Å². The number of nitrogens with one attached hydrogen (secondary N) is 1. The van der Waals surface area contributed by atoms with E-state index in [1.54, 1.807) is 18.2 Å². The number of sulfone groups is 1. The van der Waals surface area contributed by atoms with Crippen LogP contribution in [0.25, 0.3) is 0 Å². The number of benzene rings is 1. The summed E-state index contributed by atoms with van der Waals surface area (Å²) in [6.07, 6.45) is 1.32. The average Bonchev–Trinajstić information content (AvgIpc) is 2.33. The van der Waals surface area contributed by atoms with Gasteiger partial charge in [-0.3, -0.25) is 0 Å². The van der Waals surface area contributed by atoms with Crippen LogP contribution in [-0.4, -0.2) is 26.8 Å². The third kappa shape index (κ3) is 2.65. The predicted octanol–water partition coefficient (Wildman–Crippen LogP) is 1.79. The Bertz CT molecular complexity index is 507. The summed E-state index contributed by atoms with van der Waals surface area (Å²) in [4.78, 5) is 1.36. The van der Waals surface area contributed by atoms with Crippen LogP contribution in [0.3, 0.4) is 0 Å². The summed E-state index contributed by atoms with van der Waals surface area (Å²) in [6, 6.07) is 5.06. The van der Waals surface area contributed by atoms with Crippen LogP contribution in [0, 0.1) is 0 Å². The molecule has 1 aromatic carbocycles. The molecule has 1 heterocycles. The van der Waals surface area contributed by atoms with Gasteiger partial charge in [0.15, 0.2) is 9.84 Å². The first-order valence-electron chi connectivity index (χ1n) is 5.49. The summed E-state index contributed by atoms with van der Waals surface area (Å²) in [5.41, 5.74) is 0. The minimum Gasteiger partial charge on any atom is -0.317 e. The van der Waals surface area contributed by atoms with Crippen molar-refractivity contribution in [1.82, 2.24) is 5.32 Å². The third-order valence-corrected chi connectivity index (χ3v) is 6.49. The van der Waals surface area contributed by atoms with Gasteiger partial charge in [-0.2, -0.15) is 0 Å². The lowest BCUT2D eigenvalue weighted by atomic mass is 10.2. The first-order valence-corrected chi connectivity index (χ1v) is 7.93. The molecule has 1 saturated heterocycles. The summed E-state index contributed by atoms with van der Waals surface area (Å²) in [5.74, 6) is 0. The van der Waals surface area contributed by atoms with Crippen molar-refractivity contribution in [3.05, 3.63) is 18.2 Å². The van der Waals surface area contributed by atoms with E-state index in [9.17, 15) is 8.42 Å². The molecular weight excluding hydrogens is 274 g/mol. The van der Waals surface area contributed by atoms with Crippen LogP contribution in [-0.2, 0) is 9.84 Å². The van der Waals surface area contributed by atoms with Gasteiger partial charge in [0.1, 0.15) is 0 Å². The fraction of sp³-hybridized carbons (Fsp3) is 0.455. The first-order chi connectivity index (χ1) is 8.03. The van der Waals surface area contributed by atoms with Crippen LogP contribution in [0.5, 0.6) is 0 Å². The molecule has 0 aliphatic carbocycles. The van der Waals surface area contributed by atoms with E-state index in [0.717, 1.165) is 13.1 Å². The number of piperidine rings is 1. The Morgan fingerprint density at radius 1 is 1.18 bits per heavy atom. The standard InChI is InChI=1S/C11H15NO2S3/c13-17(14,8-4-6-12-7-5-8)10-3-1-2-9(15)11(10)16/h1-3,8,12,15-16H,4-7H2. The molecule has 17 heavy (non-hydrogen) atoms. The summed E-state index contributed by atoms with van der Waals surface area (Å²) < 4.78 is 24.9. The van der Waals surface area contributed by atoms with Crippen LogP contribution < -0.4 is 5.32 Å². The first kappa shape index (κ1) is 13.3. The Morgan fingerprint density at radius 3 is 2.47 bits per heavy atom. The fourth-order valence-electron chi connectivity index (χ4n) is 2.03. The number of hydrogen-bond donors (Lipinski definition) is 3. The van der Waals surface area contributed by atoms with Crippen molar-refractivity contribution in [2.24, 2.45) is 0 Å². The molecule has 0 aromatic heterocycles. The van der Waals surface area contributed by atoms with E-state index in [0.29, 0.717) is 27.5 Å². The third-order valence-electron chi connectivity index (χ3n) is 3.01. The van der Waals surface area contributed by atoms with Gasteiger partial charge in [-0.1, -0.05) is 6.07 Å². The largest absolute Gasteiger partial charge is 0.317 e. The Kier molecular flexibility index (Phi) is 4.07. The van der Waals surface area contributed by atoms with Crippen LogP contribution in [0.2, 0.25) is 0 Å². The van der Waals surface area contributed by atoms with Gasteiger partial charge in [-0.25, -0.2) is 8.42 Å². The van der Waals surface area contributed by atoms with Crippen molar-refractivity contribution in [2.75, 3.05) is 13.1 Å². The summed E-state index contributed by atoms with van der Waals surface area (Å²) >= 11 is 8.46. The molecule has 6 heteroatoms. The maximum atomic E-state index is 12.4. The number of thiol groups is 2. The molecule has 1 aromatic rings. The lowest BCUT2D eigenvalue weighted by Crippen LogP contribution is -2.35. The molecule has 0 bridgehead atoms. The average molecular weight is 289 g/mol. The second kappa shape index (κ2) is 5.22. The molecular formula is C11H15NO2S3. The molecule has 0 amide bonds. The molecule has 0 unspecified atom stereocenters. The number of hydrogen-bond acceptors (Lipinski definition) is 5. The van der Waals surface area contributed by atoms with Gasteiger partial charge in [0.2, 0.25) is 0 Å². The van der Waals surface area contributed by atoms with Gasteiger partial charge >= 0.3 is 0 Å². The minimum atomic E-state index is -3.28. The highest BCUT2D eigenvalue weighted by Crippen LogP contribution is 2.30. The Balaban J connectivity index is 2.40. The molecule has 0 atom stereocenters. The molecule has 2 rings (SSSR count). The highest BCUT2D eigenvalue weighted by atomic mass is 32.2. The Labute approximate surface area is 113 Å². The highest BCUT2D eigenvalue weighted by Gasteiger charge is 2.30. The van der Waals surface area contributed by atoms with E-state index in [1.165, 1.54) is 0 Å². The van der Waals surface area contributed by atoms with Gasteiger partial charge < -0.3 is 5.32 Å². The topological polar surface area (TPSA) is 46.2 Å². The van der Waals surface area contributed by atoms with Crippen molar-refractivity contribution in [1.29, 1.82) is 0 Å². The van der Waals surface area contributed by atoms with Crippen molar-refractivity contribution < 1.29 is 8.42 Å². The zero-order valence-electron chi connectivity index (χ0n) is 9.26. The van der Waals surface area contributed by atoms with E-state index in [4.69, 9.17) is 0 Å². The van der Waals surface area contributed by atoms with E-state index in [-0.39, 0.29) is 5.25 Å². The quantitative estimate of drug-likeness (QED) is 0.728. The van der Waals surface area contributed by atoms with E-state index < -0.39 is 9.84 Å². The maximum absolute atomic E-state index is 12.4. The molecule has 94 valence electrons. The number of rotatable bonds is 2. The smallest absolute Gasteiger partial charge is 0.182 e. The van der Waals surface area contributed by atoms with Crippen LogP contribution in [0.15, 0.2) is 32.9 Å². The van der Waals surface area contributed by atoms with Crippen LogP contribution >= 0.6 is 25.3 Å². The predicted molar refractivity (Wildman–Crippen MR) is 74.0 cm³/mol. The van der Waals surface area contributed by atoms with Crippen LogP contribution in [0.4, 0.5) is 0 Å². The highest BCUT2D eigenvalue weighted by molar-refractivity contribution is 7.93. The van der Waals surface area contributed by atoms with E-state index in [2.05, 4.69) is 30.6 Å². The van der Waals surface area contributed by atoms with Gasteiger partial charge in [-0.15, -0.1) is 25.3 Å². The molecule has 0 saturated carbocycles. The maximum Gasteiger partial charge on any atom is 0.182 e. The summed E-state index contributed by atoms with van der Waals surface area (Å²) in [6.45, 7) is 1.51.